The van der Waals surface area contributed by atoms with E-state index in [0.717, 1.165) is 16.5 Å². The van der Waals surface area contributed by atoms with Gasteiger partial charge in [0, 0.05) is 17.1 Å². The van der Waals surface area contributed by atoms with Gasteiger partial charge in [-0.05, 0) is 12.1 Å². The lowest BCUT2D eigenvalue weighted by Gasteiger charge is -2.04. The first-order chi connectivity index (χ1) is 9.26. The van der Waals surface area contributed by atoms with Gasteiger partial charge in [-0.3, -0.25) is 4.98 Å². The Morgan fingerprint density at radius 3 is 2.84 bits per heavy atom. The van der Waals surface area contributed by atoms with Gasteiger partial charge in [0.2, 0.25) is 5.95 Å². The van der Waals surface area contributed by atoms with E-state index < -0.39 is 0 Å². The van der Waals surface area contributed by atoms with Crippen LogP contribution in [0.15, 0.2) is 36.5 Å². The molecule has 0 fully saturated rings. The smallest absolute Gasteiger partial charge is 0.321 e. The summed E-state index contributed by atoms with van der Waals surface area (Å²) < 4.78 is 4.99. The Hall–Kier alpha value is -2.76. The van der Waals surface area contributed by atoms with Crippen molar-refractivity contribution in [3.63, 3.8) is 0 Å². The molecular weight excluding hydrogens is 242 g/mol. The highest BCUT2D eigenvalue weighted by atomic mass is 16.5. The summed E-state index contributed by atoms with van der Waals surface area (Å²) in [6.07, 6.45) is 1.74. The molecule has 6 nitrogen and oxygen atoms in total. The maximum atomic E-state index is 5.63. The predicted octanol–water partition coefficient (Wildman–Crippen LogP) is 1.68. The Kier molecular flexibility index (Phi) is 2.68. The molecule has 0 saturated heterocycles. The third kappa shape index (κ3) is 2.15. The number of nitrogen functional groups attached to an aromatic ring is 1. The van der Waals surface area contributed by atoms with E-state index in [0.29, 0.717) is 5.82 Å². The number of methoxy groups -OCH3 is 1. The second kappa shape index (κ2) is 4.49. The first-order valence-corrected chi connectivity index (χ1v) is 5.67. The quantitative estimate of drug-likeness (QED) is 0.747. The van der Waals surface area contributed by atoms with Crippen molar-refractivity contribution in [2.75, 3.05) is 12.8 Å². The summed E-state index contributed by atoms with van der Waals surface area (Å²) in [5, 5.41) is 1.06. The minimum atomic E-state index is 0.128. The van der Waals surface area contributed by atoms with Crippen molar-refractivity contribution in [3.8, 4) is 17.4 Å². The number of benzene rings is 1. The molecule has 0 aliphatic rings. The first kappa shape index (κ1) is 11.3. The summed E-state index contributed by atoms with van der Waals surface area (Å²) >= 11 is 0. The van der Waals surface area contributed by atoms with Crippen LogP contribution < -0.4 is 10.5 Å². The third-order valence-corrected chi connectivity index (χ3v) is 2.68. The average Bonchev–Trinajstić information content (AvgIpc) is 2.46. The van der Waals surface area contributed by atoms with Crippen molar-refractivity contribution in [2.24, 2.45) is 0 Å². The molecule has 6 heteroatoms. The van der Waals surface area contributed by atoms with E-state index in [9.17, 15) is 0 Å². The van der Waals surface area contributed by atoms with Crippen LogP contribution in [0.2, 0.25) is 0 Å². The van der Waals surface area contributed by atoms with Gasteiger partial charge in [-0.25, -0.2) is 0 Å². The van der Waals surface area contributed by atoms with Crippen molar-refractivity contribution in [3.05, 3.63) is 36.5 Å². The van der Waals surface area contributed by atoms with Gasteiger partial charge in [-0.2, -0.15) is 15.0 Å². The molecule has 1 aromatic carbocycles. The molecule has 0 atom stereocenters. The summed E-state index contributed by atoms with van der Waals surface area (Å²) in [6.45, 7) is 0. The van der Waals surface area contributed by atoms with Crippen LogP contribution in [0.25, 0.3) is 22.3 Å². The molecule has 2 N–H and O–H groups in total. The lowest BCUT2D eigenvalue weighted by molar-refractivity contribution is 0.379. The molecule has 3 aromatic rings. The van der Waals surface area contributed by atoms with Crippen LogP contribution in [-0.2, 0) is 0 Å². The SMILES string of the molecule is COc1nc(N)nc(-c2ccc3cccnc3c2)n1. The summed E-state index contributed by atoms with van der Waals surface area (Å²) in [7, 11) is 1.49. The average molecular weight is 253 g/mol. The van der Waals surface area contributed by atoms with Gasteiger partial charge in [0.1, 0.15) is 0 Å². The summed E-state index contributed by atoms with van der Waals surface area (Å²) in [6, 6.07) is 9.87. The third-order valence-electron chi connectivity index (χ3n) is 2.68. The number of rotatable bonds is 2. The fourth-order valence-corrected chi connectivity index (χ4v) is 1.80. The van der Waals surface area contributed by atoms with Crippen LogP contribution >= 0.6 is 0 Å². The Bertz CT molecular complexity index is 744. The molecule has 3 rings (SSSR count). The summed E-state index contributed by atoms with van der Waals surface area (Å²) in [5.74, 6) is 0.597. The number of nitrogens with two attached hydrogens (primary N) is 1. The zero-order valence-electron chi connectivity index (χ0n) is 10.2. The number of ether oxygens (including phenoxy) is 1. The van der Waals surface area contributed by atoms with E-state index >= 15 is 0 Å². The molecule has 0 saturated carbocycles. The van der Waals surface area contributed by atoms with Crippen LogP contribution in [0.3, 0.4) is 0 Å². The normalized spacial score (nSPS) is 10.6. The van der Waals surface area contributed by atoms with Gasteiger partial charge in [0.15, 0.2) is 5.82 Å². The fraction of sp³-hybridized carbons (Fsp3) is 0.0769. The molecule has 19 heavy (non-hydrogen) atoms. The van der Waals surface area contributed by atoms with Crippen LogP contribution in [0.1, 0.15) is 0 Å². The molecule has 0 unspecified atom stereocenters. The minimum absolute atomic E-state index is 0.128. The van der Waals surface area contributed by atoms with Gasteiger partial charge in [0.05, 0.1) is 12.6 Å². The minimum Gasteiger partial charge on any atom is -0.467 e. The van der Waals surface area contributed by atoms with Crippen molar-refractivity contribution >= 4 is 16.9 Å². The number of anilines is 1. The highest BCUT2D eigenvalue weighted by molar-refractivity contribution is 5.82. The van der Waals surface area contributed by atoms with Crippen molar-refractivity contribution in [1.29, 1.82) is 0 Å². The van der Waals surface area contributed by atoms with Crippen LogP contribution in [0.5, 0.6) is 6.01 Å². The van der Waals surface area contributed by atoms with Gasteiger partial charge >= 0.3 is 6.01 Å². The Morgan fingerprint density at radius 1 is 1.11 bits per heavy atom. The number of fused-ring (bicyclic) bond motifs is 1. The maximum absolute atomic E-state index is 5.63. The second-order valence-electron chi connectivity index (χ2n) is 3.91. The zero-order valence-corrected chi connectivity index (χ0v) is 10.2. The molecule has 0 aliphatic heterocycles. The van der Waals surface area contributed by atoms with E-state index in [1.165, 1.54) is 7.11 Å². The maximum Gasteiger partial charge on any atom is 0.321 e. The number of aromatic nitrogens is 4. The lowest BCUT2D eigenvalue weighted by atomic mass is 10.1. The highest BCUT2D eigenvalue weighted by Gasteiger charge is 2.07. The van der Waals surface area contributed by atoms with Crippen molar-refractivity contribution in [1.82, 2.24) is 19.9 Å². The van der Waals surface area contributed by atoms with E-state index in [2.05, 4.69) is 19.9 Å². The monoisotopic (exact) mass is 253 g/mol. The molecule has 2 heterocycles. The van der Waals surface area contributed by atoms with Gasteiger partial charge in [0.25, 0.3) is 0 Å². The van der Waals surface area contributed by atoms with Crippen LogP contribution in [-0.4, -0.2) is 27.0 Å². The van der Waals surface area contributed by atoms with E-state index in [-0.39, 0.29) is 12.0 Å². The molecule has 2 aromatic heterocycles. The van der Waals surface area contributed by atoms with E-state index in [1.54, 1.807) is 6.20 Å². The first-order valence-electron chi connectivity index (χ1n) is 5.67. The Labute approximate surface area is 109 Å². The number of hydrogen-bond acceptors (Lipinski definition) is 6. The van der Waals surface area contributed by atoms with Gasteiger partial charge in [-0.1, -0.05) is 18.2 Å². The van der Waals surface area contributed by atoms with Crippen LogP contribution in [0.4, 0.5) is 5.95 Å². The molecule has 0 spiro atoms. The molecule has 94 valence electrons. The highest BCUT2D eigenvalue weighted by Crippen LogP contribution is 2.21. The topological polar surface area (TPSA) is 86.8 Å². The number of nitrogens with zero attached hydrogens (tertiary/aromatic N) is 4. The van der Waals surface area contributed by atoms with Gasteiger partial charge < -0.3 is 10.5 Å². The zero-order chi connectivity index (χ0) is 13.2. The fourth-order valence-electron chi connectivity index (χ4n) is 1.80. The molecule has 0 radical (unpaired) electrons. The molecule has 0 amide bonds. The van der Waals surface area contributed by atoms with Crippen molar-refractivity contribution < 1.29 is 4.74 Å². The molecule has 0 bridgehead atoms. The largest absolute Gasteiger partial charge is 0.467 e. The Balaban J connectivity index is 2.15. The van der Waals surface area contributed by atoms with Crippen molar-refractivity contribution in [2.45, 2.75) is 0 Å². The van der Waals surface area contributed by atoms with Gasteiger partial charge in [-0.15, -0.1) is 0 Å². The second-order valence-corrected chi connectivity index (χ2v) is 3.91. The summed E-state index contributed by atoms with van der Waals surface area (Å²) in [4.78, 5) is 16.4. The summed E-state index contributed by atoms with van der Waals surface area (Å²) in [5.41, 5.74) is 7.32. The molecular formula is C13H11N5O. The number of hydrogen-bond donors (Lipinski definition) is 1. The molecule has 0 aliphatic carbocycles. The standard InChI is InChI=1S/C13H11N5O/c1-19-13-17-11(16-12(14)18-13)9-5-4-8-3-2-6-15-10(8)7-9/h2-7H,1H3,(H2,14,16,17,18). The predicted molar refractivity (Wildman–Crippen MR) is 71.5 cm³/mol. The lowest BCUT2D eigenvalue weighted by Crippen LogP contribution is -2.02. The van der Waals surface area contributed by atoms with E-state index in [4.69, 9.17) is 10.5 Å². The van der Waals surface area contributed by atoms with Crippen LogP contribution in [0, 0.1) is 0 Å². The van der Waals surface area contributed by atoms with E-state index in [1.807, 2.05) is 30.3 Å². The number of pyridine rings is 1. The Morgan fingerprint density at radius 2 is 2.00 bits per heavy atom.